The Bertz CT molecular complexity index is 1240. The minimum Gasteiger partial charge on any atom is -0.396 e. The van der Waals surface area contributed by atoms with Crippen LogP contribution < -0.4 is 11.5 Å². The van der Waals surface area contributed by atoms with Crippen LogP contribution in [0.2, 0.25) is 0 Å². The predicted octanol–water partition coefficient (Wildman–Crippen LogP) is 4.33. The third kappa shape index (κ3) is 12.4. The molecule has 46 heavy (non-hydrogen) atoms. The molecule has 0 aromatic carbocycles. The van der Waals surface area contributed by atoms with E-state index in [4.69, 9.17) is 42.8 Å². The van der Waals surface area contributed by atoms with Crippen LogP contribution in [0.1, 0.15) is 108 Å². The van der Waals surface area contributed by atoms with Crippen molar-refractivity contribution in [3.05, 3.63) is 18.1 Å². The van der Waals surface area contributed by atoms with E-state index in [-0.39, 0.29) is 30.2 Å². The van der Waals surface area contributed by atoms with E-state index in [1.54, 1.807) is 0 Å². The monoisotopic (exact) mass is 687 g/mol. The summed E-state index contributed by atoms with van der Waals surface area (Å²) in [4.78, 5) is 18.6. The third-order valence-corrected chi connectivity index (χ3v) is 10.0. The normalized spacial score (nSPS) is 21.2. The largest absolute Gasteiger partial charge is 0.396 e. The molecule has 0 aliphatic carbocycles. The molecule has 1 fully saturated rings. The molecular formula is C31H54N5O8PS. The minimum atomic E-state index is -3.90. The molecule has 3 heterocycles. The summed E-state index contributed by atoms with van der Waals surface area (Å²) >= 11 is 5.12. The Morgan fingerprint density at radius 1 is 0.913 bits per heavy atom. The lowest BCUT2D eigenvalue weighted by atomic mass is 10.0. The van der Waals surface area contributed by atoms with Crippen LogP contribution in [-0.2, 0) is 18.6 Å². The summed E-state index contributed by atoms with van der Waals surface area (Å²) in [7, 11) is -3.90. The molecule has 0 bridgehead atoms. The molecule has 262 valence electrons. The fraction of sp³-hybridized carbons (Fsp3) is 0.774. The molecule has 0 saturated carbocycles. The second kappa shape index (κ2) is 20.6. The zero-order chi connectivity index (χ0) is 33.4. The van der Waals surface area contributed by atoms with Crippen molar-refractivity contribution in [3.63, 3.8) is 0 Å². The number of ether oxygens (including phenoxy) is 2. The number of hydrogen-bond acceptors (Lipinski definition) is 11. The molecule has 5 atom stereocenters. The zero-order valence-corrected chi connectivity index (χ0v) is 28.6. The fourth-order valence-corrected chi connectivity index (χ4v) is 7.03. The second-order valence-electron chi connectivity index (χ2n) is 12.1. The number of fused-ring (bicyclic) bond motifs is 1. The Morgan fingerprint density at radius 2 is 1.48 bits per heavy atom. The zero-order valence-electron chi connectivity index (χ0n) is 26.9. The van der Waals surface area contributed by atoms with Gasteiger partial charge in [-0.2, -0.15) is 0 Å². The van der Waals surface area contributed by atoms with Crippen LogP contribution in [-0.4, -0.2) is 90.6 Å². The van der Waals surface area contributed by atoms with Gasteiger partial charge in [-0.25, -0.2) is 9.97 Å². The first kappa shape index (κ1) is 38.7. The average Bonchev–Trinajstić information content (AvgIpc) is 3.55. The molecule has 0 radical (unpaired) electrons. The van der Waals surface area contributed by atoms with Crippen LogP contribution in [0.5, 0.6) is 0 Å². The molecule has 1 saturated heterocycles. The van der Waals surface area contributed by atoms with Gasteiger partial charge in [0.15, 0.2) is 6.23 Å². The van der Waals surface area contributed by atoms with Gasteiger partial charge in [0, 0.05) is 37.7 Å². The van der Waals surface area contributed by atoms with Crippen molar-refractivity contribution in [1.82, 2.24) is 14.5 Å². The number of nitrogen functional groups attached to an aromatic ring is 1. The van der Waals surface area contributed by atoms with Gasteiger partial charge in [-0.1, -0.05) is 89.3 Å². The maximum atomic E-state index is 12.6. The summed E-state index contributed by atoms with van der Waals surface area (Å²) in [5.74, 6) is 0.156. The summed E-state index contributed by atoms with van der Waals surface area (Å²) < 4.78 is 30.7. The van der Waals surface area contributed by atoms with Gasteiger partial charge in [-0.15, -0.1) is 0 Å². The summed E-state index contributed by atoms with van der Waals surface area (Å²) in [5, 5.41) is 30.5. The molecule has 1 unspecified atom stereocenters. The van der Waals surface area contributed by atoms with Gasteiger partial charge in [-0.05, 0) is 19.3 Å². The number of thiocarbonyl (C=S) groups is 1. The highest BCUT2D eigenvalue weighted by molar-refractivity contribution is 7.80. The van der Waals surface area contributed by atoms with Crippen molar-refractivity contribution in [1.29, 1.82) is 0 Å². The van der Waals surface area contributed by atoms with Crippen LogP contribution in [0.15, 0.2) is 12.5 Å². The van der Waals surface area contributed by atoms with Gasteiger partial charge in [0.1, 0.15) is 41.1 Å². The number of anilines is 1. The van der Waals surface area contributed by atoms with Gasteiger partial charge < -0.3 is 50.2 Å². The van der Waals surface area contributed by atoms with Gasteiger partial charge in [0.25, 0.3) is 0 Å². The topological polar surface area (TPSA) is 208 Å². The number of aliphatic hydroxyl groups is 3. The van der Waals surface area contributed by atoms with E-state index in [1.165, 1.54) is 74.9 Å². The highest BCUT2D eigenvalue weighted by atomic mass is 32.1. The molecular weight excluding hydrogens is 633 g/mol. The molecule has 3 rings (SSSR count). The molecule has 2 aromatic heterocycles. The quantitative estimate of drug-likeness (QED) is 0.0489. The SMILES string of the molecule is NC(=S)c1cn([C@@H]2O[C@H](COP(=O)(O)CCCCCCCCCCCCCCCCOCCCO)[C@@H](O)[C@H]2O)c2ncnc(N)c12. The molecule has 15 heteroatoms. The first-order valence-corrected chi connectivity index (χ1v) is 18.9. The molecule has 1 aliphatic heterocycles. The Hall–Kier alpha value is -1.74. The van der Waals surface area contributed by atoms with Crippen LogP contribution in [0.4, 0.5) is 5.82 Å². The molecule has 2 aromatic rings. The Kier molecular flexibility index (Phi) is 17.3. The van der Waals surface area contributed by atoms with Crippen molar-refractivity contribution < 1.29 is 38.8 Å². The summed E-state index contributed by atoms with van der Waals surface area (Å²) in [5.41, 5.74) is 12.6. The predicted molar refractivity (Wildman–Crippen MR) is 182 cm³/mol. The van der Waals surface area contributed by atoms with Crippen molar-refractivity contribution in [2.75, 3.05) is 38.3 Å². The number of hydrogen-bond donors (Lipinski definition) is 6. The van der Waals surface area contributed by atoms with Crippen LogP contribution >= 0.6 is 19.8 Å². The average molecular weight is 688 g/mol. The minimum absolute atomic E-state index is 0.0221. The van der Waals surface area contributed by atoms with E-state index in [2.05, 4.69) is 9.97 Å². The van der Waals surface area contributed by atoms with Crippen LogP contribution in [0, 0.1) is 0 Å². The second-order valence-corrected chi connectivity index (χ2v) is 14.5. The Labute approximate surface area is 277 Å². The van der Waals surface area contributed by atoms with Crippen molar-refractivity contribution >= 4 is 41.7 Å². The lowest BCUT2D eigenvalue weighted by Crippen LogP contribution is -2.33. The number of unbranched alkanes of at least 4 members (excludes halogenated alkanes) is 13. The van der Waals surface area contributed by atoms with E-state index in [9.17, 15) is 19.7 Å². The summed E-state index contributed by atoms with van der Waals surface area (Å²) in [6.45, 7) is 1.30. The highest BCUT2D eigenvalue weighted by Gasteiger charge is 2.45. The third-order valence-electron chi connectivity index (χ3n) is 8.38. The van der Waals surface area contributed by atoms with Crippen LogP contribution in [0.25, 0.3) is 11.0 Å². The number of nitrogens with zero attached hydrogens (tertiary/aromatic N) is 3. The van der Waals surface area contributed by atoms with E-state index in [0.717, 1.165) is 38.7 Å². The first-order chi connectivity index (χ1) is 22.2. The molecule has 0 amide bonds. The Balaban J connectivity index is 1.24. The standard InChI is InChI=1S/C31H54N5O8PS/c32-28-25-23(29(33)46)20-36(30(25)35-22-34-28)31-27(39)26(38)24(44-31)21-43-45(40,41)19-14-12-10-8-6-4-2-1-3-5-7-9-11-13-17-42-18-15-16-37/h20,22,24,26-27,31,37-39H,1-19,21H2,(H2,33,46)(H,40,41)(H2,32,34,35)/t24-,26-,27-,31-/m1/s1. The smallest absolute Gasteiger partial charge is 0.328 e. The first-order valence-electron chi connectivity index (χ1n) is 16.7. The molecule has 13 nitrogen and oxygen atoms in total. The van der Waals surface area contributed by atoms with Crippen molar-refractivity contribution in [3.8, 4) is 0 Å². The molecule has 8 N–H and O–H groups in total. The molecule has 1 aliphatic rings. The van der Waals surface area contributed by atoms with Gasteiger partial charge in [0.2, 0.25) is 0 Å². The highest BCUT2D eigenvalue weighted by Crippen LogP contribution is 2.44. The summed E-state index contributed by atoms with van der Waals surface area (Å²) in [6.07, 6.45) is 14.6. The van der Waals surface area contributed by atoms with E-state index >= 15 is 0 Å². The van der Waals surface area contributed by atoms with Gasteiger partial charge in [0.05, 0.1) is 12.0 Å². The van der Waals surface area contributed by atoms with Gasteiger partial charge in [-0.3, -0.25) is 4.57 Å². The van der Waals surface area contributed by atoms with E-state index in [0.29, 0.717) is 29.6 Å². The van der Waals surface area contributed by atoms with E-state index < -0.39 is 32.1 Å². The molecule has 0 spiro atoms. The maximum Gasteiger partial charge on any atom is 0.328 e. The number of nitrogens with two attached hydrogens (primary N) is 2. The number of aromatic nitrogens is 3. The lowest BCUT2D eigenvalue weighted by Gasteiger charge is -2.18. The van der Waals surface area contributed by atoms with E-state index in [1.807, 2.05) is 0 Å². The maximum absolute atomic E-state index is 12.6. The van der Waals surface area contributed by atoms with Crippen molar-refractivity contribution in [2.24, 2.45) is 5.73 Å². The number of aliphatic hydroxyl groups excluding tert-OH is 3. The van der Waals surface area contributed by atoms with Gasteiger partial charge >= 0.3 is 7.60 Å². The van der Waals surface area contributed by atoms with Crippen molar-refractivity contribution in [2.45, 2.75) is 121 Å². The number of rotatable bonds is 25. The fourth-order valence-electron chi connectivity index (χ4n) is 5.75. The summed E-state index contributed by atoms with van der Waals surface area (Å²) in [6, 6.07) is 0. The Morgan fingerprint density at radius 3 is 2.07 bits per heavy atom. The van der Waals surface area contributed by atoms with Crippen LogP contribution in [0.3, 0.4) is 0 Å². The lowest BCUT2D eigenvalue weighted by molar-refractivity contribution is -0.0482.